The summed E-state index contributed by atoms with van der Waals surface area (Å²) in [6.07, 6.45) is 0. The second kappa shape index (κ2) is 6.75. The molecule has 2 rings (SSSR count). The molecule has 0 aliphatic carbocycles. The molecule has 0 aromatic heterocycles. The van der Waals surface area contributed by atoms with Crippen LogP contribution in [0.1, 0.15) is 13.8 Å². The first-order chi connectivity index (χ1) is 9.81. The van der Waals surface area contributed by atoms with Crippen molar-refractivity contribution in [3.05, 3.63) is 28.7 Å². The van der Waals surface area contributed by atoms with Crippen molar-refractivity contribution in [2.24, 2.45) is 0 Å². The van der Waals surface area contributed by atoms with Crippen LogP contribution in [0.2, 0.25) is 0 Å². The van der Waals surface area contributed by atoms with Crippen molar-refractivity contribution in [2.45, 2.75) is 24.3 Å². The molecule has 0 unspecified atom stereocenters. The van der Waals surface area contributed by atoms with Gasteiger partial charge in [-0.25, -0.2) is 13.1 Å². The van der Waals surface area contributed by atoms with Gasteiger partial charge in [0.2, 0.25) is 10.0 Å². The Morgan fingerprint density at radius 3 is 2.38 bits per heavy atom. The average molecular weight is 377 g/mol. The Kier molecular flexibility index (Phi) is 5.43. The Labute approximate surface area is 134 Å². The van der Waals surface area contributed by atoms with E-state index in [1.54, 1.807) is 24.3 Å². The van der Waals surface area contributed by atoms with Crippen LogP contribution in [0, 0.1) is 0 Å². The van der Waals surface area contributed by atoms with E-state index >= 15 is 0 Å². The number of hydrogen-bond acceptors (Lipinski definition) is 4. The van der Waals surface area contributed by atoms with E-state index in [1.807, 2.05) is 13.8 Å². The van der Waals surface area contributed by atoms with Crippen molar-refractivity contribution in [3.8, 4) is 0 Å². The number of rotatable bonds is 5. The van der Waals surface area contributed by atoms with E-state index in [1.165, 1.54) is 0 Å². The summed E-state index contributed by atoms with van der Waals surface area (Å²) in [5.74, 6) is 0. The van der Waals surface area contributed by atoms with Crippen LogP contribution in [-0.2, 0) is 14.8 Å². The van der Waals surface area contributed by atoms with Gasteiger partial charge in [0.15, 0.2) is 0 Å². The predicted octanol–water partition coefficient (Wildman–Crippen LogP) is 1.84. The van der Waals surface area contributed by atoms with Crippen molar-refractivity contribution in [1.82, 2.24) is 9.62 Å². The minimum atomic E-state index is -3.48. The number of ether oxygens (including phenoxy) is 1. The molecule has 1 fully saturated rings. The number of benzene rings is 1. The van der Waals surface area contributed by atoms with E-state index in [-0.39, 0.29) is 10.4 Å². The van der Waals surface area contributed by atoms with E-state index in [0.717, 1.165) is 17.6 Å². The summed E-state index contributed by atoms with van der Waals surface area (Å²) in [6.45, 7) is 7.50. The van der Waals surface area contributed by atoms with Gasteiger partial charge in [-0.15, -0.1) is 0 Å². The van der Waals surface area contributed by atoms with Gasteiger partial charge >= 0.3 is 0 Å². The second-order valence-corrected chi connectivity index (χ2v) is 8.37. The first-order valence-electron chi connectivity index (χ1n) is 6.89. The summed E-state index contributed by atoms with van der Waals surface area (Å²) < 4.78 is 33.5. The Morgan fingerprint density at radius 2 is 1.81 bits per heavy atom. The summed E-state index contributed by atoms with van der Waals surface area (Å²) in [7, 11) is -3.48. The molecule has 1 aromatic rings. The Morgan fingerprint density at radius 1 is 1.24 bits per heavy atom. The molecule has 1 aliphatic rings. The lowest BCUT2D eigenvalue weighted by molar-refractivity contribution is -0.00803. The third-order valence-corrected chi connectivity index (χ3v) is 5.63. The molecule has 1 aromatic carbocycles. The highest BCUT2D eigenvalue weighted by Crippen LogP contribution is 2.18. The first kappa shape index (κ1) is 16.9. The van der Waals surface area contributed by atoms with Gasteiger partial charge in [-0.05, 0) is 38.1 Å². The normalized spacial score (nSPS) is 17.9. The Hall–Kier alpha value is -0.470. The summed E-state index contributed by atoms with van der Waals surface area (Å²) in [5, 5.41) is 0. The molecular formula is C14H21BrN2O3S. The number of sulfonamides is 1. The lowest BCUT2D eigenvalue weighted by Crippen LogP contribution is -2.55. The molecular weight excluding hydrogens is 356 g/mol. The van der Waals surface area contributed by atoms with E-state index < -0.39 is 10.0 Å². The van der Waals surface area contributed by atoms with Gasteiger partial charge < -0.3 is 4.74 Å². The van der Waals surface area contributed by atoms with Crippen LogP contribution < -0.4 is 4.72 Å². The predicted molar refractivity (Wildman–Crippen MR) is 85.8 cm³/mol. The fourth-order valence-electron chi connectivity index (χ4n) is 2.25. The molecule has 118 valence electrons. The minimum absolute atomic E-state index is 0.244. The fourth-order valence-corrected chi connectivity index (χ4v) is 3.72. The van der Waals surface area contributed by atoms with Gasteiger partial charge in [0.25, 0.3) is 0 Å². The fraction of sp³-hybridized carbons (Fsp3) is 0.571. The van der Waals surface area contributed by atoms with Crippen molar-refractivity contribution in [3.63, 3.8) is 0 Å². The van der Waals surface area contributed by atoms with Crippen LogP contribution in [-0.4, -0.2) is 51.7 Å². The maximum atomic E-state index is 12.3. The van der Waals surface area contributed by atoms with Crippen LogP contribution >= 0.6 is 15.9 Å². The zero-order valence-corrected chi connectivity index (χ0v) is 14.7. The highest BCUT2D eigenvalue weighted by molar-refractivity contribution is 9.10. The van der Waals surface area contributed by atoms with Crippen molar-refractivity contribution < 1.29 is 13.2 Å². The molecule has 0 spiro atoms. The topological polar surface area (TPSA) is 58.6 Å². The molecule has 21 heavy (non-hydrogen) atoms. The number of morpholine rings is 1. The van der Waals surface area contributed by atoms with Crippen molar-refractivity contribution in [1.29, 1.82) is 0 Å². The molecule has 1 heterocycles. The number of nitrogens with zero attached hydrogens (tertiary/aromatic N) is 1. The van der Waals surface area contributed by atoms with Crippen LogP contribution in [0.4, 0.5) is 0 Å². The number of hydrogen-bond donors (Lipinski definition) is 1. The standard InChI is InChI=1S/C14H21BrN2O3S/c1-14(2,17-7-9-20-10-8-17)11-16-21(18,19)13-5-3-12(15)4-6-13/h3-6,16H,7-11H2,1-2H3. The highest BCUT2D eigenvalue weighted by Gasteiger charge is 2.29. The molecule has 1 aliphatic heterocycles. The summed E-state index contributed by atoms with van der Waals surface area (Å²) in [4.78, 5) is 2.53. The molecule has 1 saturated heterocycles. The van der Waals surface area contributed by atoms with E-state index in [0.29, 0.717) is 19.8 Å². The van der Waals surface area contributed by atoms with Gasteiger partial charge in [-0.3, -0.25) is 4.90 Å². The van der Waals surface area contributed by atoms with Crippen molar-refractivity contribution >= 4 is 26.0 Å². The molecule has 7 heteroatoms. The summed E-state index contributed by atoms with van der Waals surface area (Å²) in [5.41, 5.74) is -0.244. The smallest absolute Gasteiger partial charge is 0.240 e. The lowest BCUT2D eigenvalue weighted by Gasteiger charge is -2.40. The summed E-state index contributed by atoms with van der Waals surface area (Å²) in [6, 6.07) is 6.63. The van der Waals surface area contributed by atoms with Crippen molar-refractivity contribution in [2.75, 3.05) is 32.8 Å². The van der Waals surface area contributed by atoms with Crippen LogP contribution in [0.3, 0.4) is 0 Å². The third kappa shape index (κ3) is 4.50. The highest BCUT2D eigenvalue weighted by atomic mass is 79.9. The maximum absolute atomic E-state index is 12.3. The zero-order chi connectivity index (χ0) is 15.5. The molecule has 1 N–H and O–H groups in total. The Bertz CT molecular complexity index is 566. The largest absolute Gasteiger partial charge is 0.379 e. The van der Waals surface area contributed by atoms with Gasteiger partial charge in [-0.2, -0.15) is 0 Å². The van der Waals surface area contributed by atoms with Crippen LogP contribution in [0.25, 0.3) is 0 Å². The first-order valence-corrected chi connectivity index (χ1v) is 9.17. The molecule has 5 nitrogen and oxygen atoms in total. The zero-order valence-electron chi connectivity index (χ0n) is 12.3. The average Bonchev–Trinajstić information content (AvgIpc) is 2.47. The van der Waals surface area contributed by atoms with Gasteiger partial charge in [0.05, 0.1) is 18.1 Å². The second-order valence-electron chi connectivity index (χ2n) is 5.69. The van der Waals surface area contributed by atoms with Gasteiger partial charge in [0.1, 0.15) is 0 Å². The van der Waals surface area contributed by atoms with Gasteiger partial charge in [-0.1, -0.05) is 15.9 Å². The van der Waals surface area contributed by atoms with E-state index in [4.69, 9.17) is 4.74 Å². The minimum Gasteiger partial charge on any atom is -0.379 e. The van der Waals surface area contributed by atoms with Crippen LogP contribution in [0.5, 0.6) is 0 Å². The molecule has 0 amide bonds. The quantitative estimate of drug-likeness (QED) is 0.851. The molecule has 0 radical (unpaired) electrons. The number of halogens is 1. The molecule has 0 saturated carbocycles. The number of nitrogens with one attached hydrogen (secondary N) is 1. The van der Waals surface area contributed by atoms with E-state index in [2.05, 4.69) is 25.6 Å². The van der Waals surface area contributed by atoms with Gasteiger partial charge in [0, 0.05) is 29.6 Å². The van der Waals surface area contributed by atoms with E-state index in [9.17, 15) is 8.42 Å². The van der Waals surface area contributed by atoms with Crippen LogP contribution in [0.15, 0.2) is 33.6 Å². The Balaban J connectivity index is 2.01. The SMILES string of the molecule is CC(C)(CNS(=O)(=O)c1ccc(Br)cc1)N1CCOCC1. The molecule has 0 bridgehead atoms. The monoisotopic (exact) mass is 376 g/mol. The summed E-state index contributed by atoms with van der Waals surface area (Å²) >= 11 is 3.30. The molecule has 0 atom stereocenters. The maximum Gasteiger partial charge on any atom is 0.240 e. The lowest BCUT2D eigenvalue weighted by atomic mass is 10.0. The third-order valence-electron chi connectivity index (χ3n) is 3.69.